The van der Waals surface area contributed by atoms with E-state index in [2.05, 4.69) is 24.0 Å². The van der Waals surface area contributed by atoms with Gasteiger partial charge in [0.1, 0.15) is 0 Å². The molecule has 0 radical (unpaired) electrons. The molecule has 2 heteroatoms. The van der Waals surface area contributed by atoms with Crippen molar-refractivity contribution in [2.45, 2.75) is 38.4 Å². The van der Waals surface area contributed by atoms with Gasteiger partial charge in [0, 0.05) is 18.1 Å². The smallest absolute Gasteiger partial charge is 0.0270 e. The molecule has 0 atom stereocenters. The van der Waals surface area contributed by atoms with Crippen LogP contribution >= 0.6 is 11.8 Å². The Hall–Kier alpha value is -0.500. The van der Waals surface area contributed by atoms with Gasteiger partial charge in [-0.3, -0.25) is 4.98 Å². The van der Waals surface area contributed by atoms with E-state index >= 15 is 0 Å². The minimum atomic E-state index is 1.13. The maximum absolute atomic E-state index is 4.00. The van der Waals surface area contributed by atoms with Crippen LogP contribution in [0.1, 0.15) is 38.2 Å². The van der Waals surface area contributed by atoms with Gasteiger partial charge < -0.3 is 0 Å². The molecule has 0 amide bonds. The summed E-state index contributed by atoms with van der Waals surface area (Å²) in [6.07, 6.45) is 9.20. The van der Waals surface area contributed by atoms with Crippen molar-refractivity contribution in [3.63, 3.8) is 0 Å². The van der Waals surface area contributed by atoms with Crippen molar-refractivity contribution in [2.24, 2.45) is 0 Å². The molecule has 0 spiro atoms. The molecule has 0 aliphatic heterocycles. The standard InChI is InChI=1S/C12H19NS/c1-2-3-4-5-10-14-11-12-6-8-13-9-7-12/h6-9H,2-5,10-11H2,1H3. The van der Waals surface area contributed by atoms with Gasteiger partial charge in [-0.1, -0.05) is 26.2 Å². The first kappa shape index (κ1) is 11.6. The van der Waals surface area contributed by atoms with Crippen LogP contribution < -0.4 is 0 Å². The molecule has 0 saturated heterocycles. The van der Waals surface area contributed by atoms with Gasteiger partial charge in [0.15, 0.2) is 0 Å². The third kappa shape index (κ3) is 5.28. The molecule has 0 aliphatic carbocycles. The number of nitrogens with zero attached hydrogens (tertiary/aromatic N) is 1. The van der Waals surface area contributed by atoms with E-state index < -0.39 is 0 Å². The topological polar surface area (TPSA) is 12.9 Å². The molecule has 1 nitrogen and oxygen atoms in total. The number of hydrogen-bond donors (Lipinski definition) is 0. The van der Waals surface area contributed by atoms with Gasteiger partial charge in [-0.25, -0.2) is 0 Å². The molecule has 1 aromatic rings. The van der Waals surface area contributed by atoms with Gasteiger partial charge in [-0.15, -0.1) is 0 Å². The molecule has 0 unspecified atom stereocenters. The Morgan fingerprint density at radius 1 is 1.14 bits per heavy atom. The average molecular weight is 209 g/mol. The highest BCUT2D eigenvalue weighted by Crippen LogP contribution is 2.13. The van der Waals surface area contributed by atoms with Crippen molar-refractivity contribution < 1.29 is 0 Å². The molecular weight excluding hydrogens is 190 g/mol. The summed E-state index contributed by atoms with van der Waals surface area (Å²) < 4.78 is 0. The minimum Gasteiger partial charge on any atom is -0.265 e. The average Bonchev–Trinajstić information content (AvgIpc) is 2.25. The Labute approximate surface area is 91.3 Å². The van der Waals surface area contributed by atoms with Crippen molar-refractivity contribution in [2.75, 3.05) is 5.75 Å². The number of thioether (sulfide) groups is 1. The van der Waals surface area contributed by atoms with E-state index in [0.29, 0.717) is 0 Å². The monoisotopic (exact) mass is 209 g/mol. The van der Waals surface area contributed by atoms with Crippen LogP contribution in [0.3, 0.4) is 0 Å². The zero-order valence-electron chi connectivity index (χ0n) is 8.91. The van der Waals surface area contributed by atoms with E-state index in [1.54, 1.807) is 0 Å². The number of unbranched alkanes of at least 4 members (excludes halogenated alkanes) is 3. The summed E-state index contributed by atoms with van der Waals surface area (Å²) >= 11 is 2.03. The quantitative estimate of drug-likeness (QED) is 0.632. The summed E-state index contributed by atoms with van der Waals surface area (Å²) in [6.45, 7) is 2.25. The highest BCUT2D eigenvalue weighted by Gasteiger charge is 1.92. The molecular formula is C12H19NS. The van der Waals surface area contributed by atoms with E-state index in [0.717, 1.165) is 5.75 Å². The summed E-state index contributed by atoms with van der Waals surface area (Å²) in [5, 5.41) is 0. The molecule has 14 heavy (non-hydrogen) atoms. The fourth-order valence-electron chi connectivity index (χ4n) is 1.30. The Morgan fingerprint density at radius 3 is 2.64 bits per heavy atom. The summed E-state index contributed by atoms with van der Waals surface area (Å²) in [6, 6.07) is 4.19. The van der Waals surface area contributed by atoms with E-state index in [9.17, 15) is 0 Å². The van der Waals surface area contributed by atoms with Gasteiger partial charge >= 0.3 is 0 Å². The third-order valence-electron chi connectivity index (χ3n) is 2.16. The second kappa shape index (κ2) is 7.86. The Kier molecular flexibility index (Phi) is 6.50. The SMILES string of the molecule is CCCCCCSCc1ccncc1. The lowest BCUT2D eigenvalue weighted by molar-refractivity contribution is 0.706. The van der Waals surface area contributed by atoms with Crippen LogP contribution in [0.25, 0.3) is 0 Å². The largest absolute Gasteiger partial charge is 0.265 e. The summed E-state index contributed by atoms with van der Waals surface area (Å²) in [5.74, 6) is 2.43. The van der Waals surface area contributed by atoms with Crippen molar-refractivity contribution in [3.8, 4) is 0 Å². The normalized spacial score (nSPS) is 10.4. The van der Waals surface area contributed by atoms with Gasteiger partial charge in [-0.2, -0.15) is 11.8 Å². The molecule has 1 heterocycles. The molecule has 1 rings (SSSR count). The molecule has 0 N–H and O–H groups in total. The summed E-state index contributed by atoms with van der Waals surface area (Å²) in [5.41, 5.74) is 1.39. The number of hydrogen-bond acceptors (Lipinski definition) is 2. The fourth-order valence-corrected chi connectivity index (χ4v) is 2.28. The van der Waals surface area contributed by atoms with Crippen LogP contribution in [0.15, 0.2) is 24.5 Å². The lowest BCUT2D eigenvalue weighted by atomic mass is 10.2. The van der Waals surface area contributed by atoms with Crippen LogP contribution in [0, 0.1) is 0 Å². The van der Waals surface area contributed by atoms with Crippen LogP contribution in [0.2, 0.25) is 0 Å². The molecule has 0 fully saturated rings. The molecule has 1 aromatic heterocycles. The summed E-state index contributed by atoms with van der Waals surface area (Å²) in [7, 11) is 0. The lowest BCUT2D eigenvalue weighted by Gasteiger charge is -2.01. The second-order valence-corrected chi connectivity index (χ2v) is 4.57. The van der Waals surface area contributed by atoms with E-state index in [1.165, 1.54) is 37.0 Å². The number of pyridine rings is 1. The predicted molar refractivity (Wildman–Crippen MR) is 64.5 cm³/mol. The number of rotatable bonds is 7. The van der Waals surface area contributed by atoms with Crippen LogP contribution in [-0.2, 0) is 5.75 Å². The maximum atomic E-state index is 4.00. The van der Waals surface area contributed by atoms with Crippen LogP contribution in [0.5, 0.6) is 0 Å². The van der Waals surface area contributed by atoms with Crippen molar-refractivity contribution in [3.05, 3.63) is 30.1 Å². The van der Waals surface area contributed by atoms with Crippen LogP contribution in [-0.4, -0.2) is 10.7 Å². The molecule has 0 aliphatic rings. The first-order chi connectivity index (χ1) is 6.93. The molecule has 0 aromatic carbocycles. The van der Waals surface area contributed by atoms with Gasteiger partial charge in [0.05, 0.1) is 0 Å². The van der Waals surface area contributed by atoms with Crippen LogP contribution in [0.4, 0.5) is 0 Å². The lowest BCUT2D eigenvalue weighted by Crippen LogP contribution is -1.84. The second-order valence-electron chi connectivity index (χ2n) is 3.47. The van der Waals surface area contributed by atoms with Crippen molar-refractivity contribution >= 4 is 11.8 Å². The molecule has 78 valence electrons. The zero-order chi connectivity index (χ0) is 10.1. The third-order valence-corrected chi connectivity index (χ3v) is 3.28. The summed E-state index contributed by atoms with van der Waals surface area (Å²) in [4.78, 5) is 4.00. The maximum Gasteiger partial charge on any atom is 0.0270 e. The molecule has 0 saturated carbocycles. The van der Waals surface area contributed by atoms with Crippen molar-refractivity contribution in [1.29, 1.82) is 0 Å². The fraction of sp³-hybridized carbons (Fsp3) is 0.583. The van der Waals surface area contributed by atoms with E-state index in [4.69, 9.17) is 0 Å². The Morgan fingerprint density at radius 2 is 1.93 bits per heavy atom. The highest BCUT2D eigenvalue weighted by atomic mass is 32.2. The first-order valence-corrected chi connectivity index (χ1v) is 6.55. The van der Waals surface area contributed by atoms with Gasteiger partial charge in [0.2, 0.25) is 0 Å². The molecule has 0 bridgehead atoms. The van der Waals surface area contributed by atoms with E-state index in [1.807, 2.05) is 24.2 Å². The highest BCUT2D eigenvalue weighted by molar-refractivity contribution is 7.98. The van der Waals surface area contributed by atoms with Gasteiger partial charge in [-0.05, 0) is 29.9 Å². The minimum absolute atomic E-state index is 1.13. The Balaban J connectivity index is 1.99. The zero-order valence-corrected chi connectivity index (χ0v) is 9.72. The van der Waals surface area contributed by atoms with Gasteiger partial charge in [0.25, 0.3) is 0 Å². The Bertz CT molecular complexity index is 223. The van der Waals surface area contributed by atoms with Crippen molar-refractivity contribution in [1.82, 2.24) is 4.98 Å². The predicted octanol–water partition coefficient (Wildman–Crippen LogP) is 3.90. The van der Waals surface area contributed by atoms with E-state index in [-0.39, 0.29) is 0 Å². The number of aromatic nitrogens is 1. The first-order valence-electron chi connectivity index (χ1n) is 5.40.